The van der Waals surface area contributed by atoms with Crippen LogP contribution >= 0.6 is 11.6 Å². The Labute approximate surface area is 115 Å². The van der Waals surface area contributed by atoms with E-state index in [1.54, 1.807) is 30.3 Å². The van der Waals surface area contributed by atoms with Gasteiger partial charge >= 0.3 is 6.09 Å². The third-order valence-electron chi connectivity index (χ3n) is 2.37. The molecule has 3 nitrogen and oxygen atoms in total. The molecule has 0 aromatic heterocycles. The topological polar surface area (TPSA) is 38.3 Å². The summed E-state index contributed by atoms with van der Waals surface area (Å²) in [5.41, 5.74) is 0.691. The van der Waals surface area contributed by atoms with Gasteiger partial charge in [0.2, 0.25) is 0 Å². The molecule has 0 spiro atoms. The maximum Gasteiger partial charge on any atom is 0.412 e. The molecular formula is C14H11ClFNO2. The molecule has 0 saturated heterocycles. The Bertz CT molecular complexity index is 575. The third kappa shape index (κ3) is 3.96. The number of carbonyl (C=O) groups excluding carboxylic acids is 1. The van der Waals surface area contributed by atoms with Crippen molar-refractivity contribution in [1.82, 2.24) is 5.32 Å². The molecule has 2 aromatic carbocycles. The van der Waals surface area contributed by atoms with Gasteiger partial charge in [0, 0.05) is 6.54 Å². The van der Waals surface area contributed by atoms with E-state index in [9.17, 15) is 9.18 Å². The first-order chi connectivity index (χ1) is 9.15. The Balaban J connectivity index is 1.88. The van der Waals surface area contributed by atoms with Crippen molar-refractivity contribution in [2.24, 2.45) is 0 Å². The number of hydrogen-bond donors (Lipinski definition) is 1. The van der Waals surface area contributed by atoms with Crippen LogP contribution in [0.3, 0.4) is 0 Å². The minimum absolute atomic E-state index is 0.0238. The molecule has 1 N–H and O–H groups in total. The van der Waals surface area contributed by atoms with E-state index in [2.05, 4.69) is 5.32 Å². The average Bonchev–Trinajstić information content (AvgIpc) is 2.41. The van der Waals surface area contributed by atoms with Gasteiger partial charge in [0.15, 0.2) is 0 Å². The minimum Gasteiger partial charge on any atom is -0.410 e. The summed E-state index contributed by atoms with van der Waals surface area (Å²) in [5, 5.41) is 2.58. The molecule has 98 valence electrons. The van der Waals surface area contributed by atoms with Crippen LogP contribution in [0.4, 0.5) is 9.18 Å². The van der Waals surface area contributed by atoms with Crippen molar-refractivity contribution in [1.29, 1.82) is 0 Å². The lowest BCUT2D eigenvalue weighted by atomic mass is 10.2. The summed E-state index contributed by atoms with van der Waals surface area (Å²) in [7, 11) is 0. The van der Waals surface area contributed by atoms with Gasteiger partial charge in [0.25, 0.3) is 0 Å². The summed E-state index contributed by atoms with van der Waals surface area (Å²) in [5.74, 6) is -0.0329. The first-order valence-electron chi connectivity index (χ1n) is 5.60. The highest BCUT2D eigenvalue weighted by Gasteiger charge is 2.05. The van der Waals surface area contributed by atoms with Gasteiger partial charge in [-0.15, -0.1) is 0 Å². The first-order valence-corrected chi connectivity index (χ1v) is 5.97. The molecule has 19 heavy (non-hydrogen) atoms. The van der Waals surface area contributed by atoms with Crippen LogP contribution in [-0.4, -0.2) is 6.09 Å². The highest BCUT2D eigenvalue weighted by molar-refractivity contribution is 6.30. The van der Waals surface area contributed by atoms with Crippen molar-refractivity contribution >= 4 is 17.7 Å². The van der Waals surface area contributed by atoms with Crippen molar-refractivity contribution in [3.63, 3.8) is 0 Å². The van der Waals surface area contributed by atoms with E-state index in [1.165, 1.54) is 12.1 Å². The van der Waals surface area contributed by atoms with Gasteiger partial charge < -0.3 is 10.1 Å². The molecule has 0 unspecified atom stereocenters. The molecule has 1 amide bonds. The normalized spacial score (nSPS) is 10.0. The quantitative estimate of drug-likeness (QED) is 0.929. The van der Waals surface area contributed by atoms with E-state index in [0.29, 0.717) is 11.3 Å². The highest BCUT2D eigenvalue weighted by atomic mass is 35.5. The molecule has 0 bridgehead atoms. The van der Waals surface area contributed by atoms with Crippen LogP contribution in [0.2, 0.25) is 5.02 Å². The lowest BCUT2D eigenvalue weighted by Gasteiger charge is -2.07. The van der Waals surface area contributed by atoms with Crippen molar-refractivity contribution in [3.05, 3.63) is 64.9 Å². The highest BCUT2D eigenvalue weighted by Crippen LogP contribution is 2.16. The molecule has 2 aromatic rings. The fraction of sp³-hybridized carbons (Fsp3) is 0.0714. The second-order valence-corrected chi connectivity index (χ2v) is 4.21. The molecular weight excluding hydrogens is 269 g/mol. The van der Waals surface area contributed by atoms with Crippen LogP contribution in [0, 0.1) is 5.82 Å². The van der Waals surface area contributed by atoms with Crippen LogP contribution in [0.1, 0.15) is 5.56 Å². The Morgan fingerprint density at radius 2 is 1.95 bits per heavy atom. The van der Waals surface area contributed by atoms with Crippen LogP contribution in [0.15, 0.2) is 48.5 Å². The number of para-hydroxylation sites is 1. The van der Waals surface area contributed by atoms with Crippen molar-refractivity contribution in [2.75, 3.05) is 0 Å². The van der Waals surface area contributed by atoms with Crippen LogP contribution in [0.5, 0.6) is 5.75 Å². The summed E-state index contributed by atoms with van der Waals surface area (Å²) in [6, 6.07) is 13.0. The Hall–Kier alpha value is -2.07. The summed E-state index contributed by atoms with van der Waals surface area (Å²) >= 11 is 5.64. The molecule has 5 heteroatoms. The molecule has 0 heterocycles. The zero-order valence-electron chi connectivity index (χ0n) is 9.90. The number of hydrogen-bond acceptors (Lipinski definition) is 2. The monoisotopic (exact) mass is 279 g/mol. The maximum absolute atomic E-state index is 12.9. The lowest BCUT2D eigenvalue weighted by molar-refractivity contribution is 0.200. The summed E-state index contributed by atoms with van der Waals surface area (Å²) in [4.78, 5) is 11.5. The summed E-state index contributed by atoms with van der Waals surface area (Å²) < 4.78 is 18.0. The fourth-order valence-electron chi connectivity index (χ4n) is 1.46. The van der Waals surface area contributed by atoms with Crippen molar-refractivity contribution in [2.45, 2.75) is 6.54 Å². The van der Waals surface area contributed by atoms with Gasteiger partial charge in [-0.25, -0.2) is 9.18 Å². The zero-order chi connectivity index (χ0) is 13.7. The summed E-state index contributed by atoms with van der Waals surface area (Å²) in [6.07, 6.45) is -0.577. The average molecular weight is 280 g/mol. The number of ether oxygens (including phenoxy) is 1. The van der Waals surface area contributed by atoms with Crippen LogP contribution < -0.4 is 10.1 Å². The van der Waals surface area contributed by atoms with Gasteiger partial charge in [0.1, 0.15) is 11.6 Å². The molecule has 0 aliphatic heterocycles. The Morgan fingerprint density at radius 3 is 2.63 bits per heavy atom. The third-order valence-corrected chi connectivity index (χ3v) is 2.66. The van der Waals surface area contributed by atoms with Crippen LogP contribution in [0.25, 0.3) is 0 Å². The molecule has 0 aliphatic carbocycles. The molecule has 0 aliphatic rings. The number of carbonyl (C=O) groups is 1. The van der Waals surface area contributed by atoms with Gasteiger partial charge in [-0.3, -0.25) is 0 Å². The number of halogens is 2. The second kappa shape index (κ2) is 6.20. The standard InChI is InChI=1S/C14H11ClFNO2/c15-12-8-10(6-7-13(12)16)9-17-14(18)19-11-4-2-1-3-5-11/h1-8H,9H2,(H,17,18). The van der Waals surface area contributed by atoms with E-state index >= 15 is 0 Å². The molecule has 0 fully saturated rings. The molecule has 0 atom stereocenters. The SMILES string of the molecule is O=C(NCc1ccc(F)c(Cl)c1)Oc1ccccc1. The van der Waals surface area contributed by atoms with Crippen molar-refractivity contribution < 1.29 is 13.9 Å². The van der Waals surface area contributed by atoms with E-state index in [-0.39, 0.29) is 11.6 Å². The fourth-order valence-corrected chi connectivity index (χ4v) is 1.66. The largest absolute Gasteiger partial charge is 0.412 e. The molecule has 0 saturated carbocycles. The van der Waals surface area contributed by atoms with E-state index in [4.69, 9.17) is 16.3 Å². The van der Waals surface area contributed by atoms with Gasteiger partial charge in [-0.2, -0.15) is 0 Å². The summed E-state index contributed by atoms with van der Waals surface area (Å²) in [6.45, 7) is 0.214. The number of benzene rings is 2. The molecule has 2 rings (SSSR count). The number of amides is 1. The lowest BCUT2D eigenvalue weighted by Crippen LogP contribution is -2.26. The zero-order valence-corrected chi connectivity index (χ0v) is 10.7. The van der Waals surface area contributed by atoms with Gasteiger partial charge in [-0.05, 0) is 29.8 Å². The number of nitrogens with one attached hydrogen (secondary N) is 1. The van der Waals surface area contributed by atoms with Gasteiger partial charge in [0.05, 0.1) is 5.02 Å². The molecule has 0 radical (unpaired) electrons. The minimum atomic E-state index is -0.577. The second-order valence-electron chi connectivity index (χ2n) is 3.80. The predicted molar refractivity (Wildman–Crippen MR) is 70.7 cm³/mol. The van der Waals surface area contributed by atoms with Crippen molar-refractivity contribution in [3.8, 4) is 5.75 Å². The van der Waals surface area contributed by atoms with Crippen LogP contribution in [-0.2, 0) is 6.54 Å². The Morgan fingerprint density at radius 1 is 1.21 bits per heavy atom. The van der Waals surface area contributed by atoms with E-state index < -0.39 is 11.9 Å². The Kier molecular flexibility index (Phi) is 4.36. The van der Waals surface area contributed by atoms with E-state index in [1.807, 2.05) is 6.07 Å². The maximum atomic E-state index is 12.9. The number of rotatable bonds is 3. The van der Waals surface area contributed by atoms with E-state index in [0.717, 1.165) is 0 Å². The first kappa shape index (κ1) is 13.4. The van der Waals surface area contributed by atoms with Gasteiger partial charge in [-0.1, -0.05) is 35.9 Å². The smallest absolute Gasteiger partial charge is 0.410 e. The predicted octanol–water partition coefficient (Wildman–Crippen LogP) is 3.77.